The number of fused-ring (bicyclic) bond motifs is 3. The zero-order valence-electron chi connectivity index (χ0n) is 18.1. The Bertz CT molecular complexity index is 1380. The number of methoxy groups -OCH3 is 1. The van der Waals surface area contributed by atoms with E-state index in [2.05, 4.69) is 46.6 Å². The van der Waals surface area contributed by atoms with Crippen LogP contribution >= 0.6 is 0 Å². The zero-order valence-corrected chi connectivity index (χ0v) is 18.1. The van der Waals surface area contributed by atoms with E-state index in [1.165, 1.54) is 17.7 Å². The van der Waals surface area contributed by atoms with Crippen LogP contribution in [0.15, 0.2) is 78.6 Å². The molecule has 0 aliphatic carbocycles. The van der Waals surface area contributed by atoms with E-state index < -0.39 is 6.10 Å². The monoisotopic (exact) mass is 440 g/mol. The predicted octanol–water partition coefficient (Wildman–Crippen LogP) is 5.29. The van der Waals surface area contributed by atoms with Gasteiger partial charge in [0, 0.05) is 11.1 Å². The summed E-state index contributed by atoms with van der Waals surface area (Å²) in [6, 6.07) is 20.3. The van der Waals surface area contributed by atoms with Crippen molar-refractivity contribution in [2.45, 2.75) is 19.1 Å². The van der Waals surface area contributed by atoms with Crippen molar-refractivity contribution in [1.82, 2.24) is 14.8 Å². The summed E-state index contributed by atoms with van der Waals surface area (Å²) < 4.78 is 27.7. The average molecular weight is 440 g/mol. The summed E-state index contributed by atoms with van der Waals surface area (Å²) in [5, 5.41) is 8.00. The molecule has 1 aromatic heterocycles. The highest BCUT2D eigenvalue weighted by molar-refractivity contribution is 5.85. The van der Waals surface area contributed by atoms with Crippen LogP contribution in [0.25, 0.3) is 5.70 Å². The first-order chi connectivity index (χ1) is 16.1. The smallest absolute Gasteiger partial charge is 0.226 e. The van der Waals surface area contributed by atoms with Crippen LogP contribution in [0.4, 0.5) is 10.3 Å². The van der Waals surface area contributed by atoms with Gasteiger partial charge in [0.05, 0.1) is 12.8 Å². The fraction of sp³-hybridized carbons (Fsp3) is 0.154. The van der Waals surface area contributed by atoms with Gasteiger partial charge < -0.3 is 14.8 Å². The number of aryl methyl sites for hydroxylation is 1. The highest BCUT2D eigenvalue weighted by Gasteiger charge is 2.41. The fourth-order valence-electron chi connectivity index (χ4n) is 4.56. The van der Waals surface area contributed by atoms with E-state index >= 15 is 0 Å². The molecule has 0 unspecified atom stereocenters. The van der Waals surface area contributed by atoms with E-state index in [4.69, 9.17) is 9.47 Å². The summed E-state index contributed by atoms with van der Waals surface area (Å²) in [7, 11) is 1.64. The van der Waals surface area contributed by atoms with Crippen LogP contribution in [0.1, 0.15) is 34.4 Å². The molecule has 0 spiro atoms. The Morgan fingerprint density at radius 3 is 2.52 bits per heavy atom. The van der Waals surface area contributed by atoms with Gasteiger partial charge in [0.15, 0.2) is 0 Å². The molecule has 164 valence electrons. The molecule has 4 aromatic rings. The van der Waals surface area contributed by atoms with Crippen molar-refractivity contribution in [3.63, 3.8) is 0 Å². The van der Waals surface area contributed by atoms with Crippen LogP contribution < -0.4 is 14.8 Å². The molecule has 33 heavy (non-hydrogen) atoms. The van der Waals surface area contributed by atoms with E-state index in [0.29, 0.717) is 11.7 Å². The van der Waals surface area contributed by atoms with Gasteiger partial charge in [-0.25, -0.2) is 9.07 Å². The Morgan fingerprint density at radius 2 is 1.76 bits per heavy atom. The van der Waals surface area contributed by atoms with Gasteiger partial charge in [-0.15, -0.1) is 0 Å². The Labute approximate surface area is 190 Å². The molecule has 2 atom stereocenters. The van der Waals surface area contributed by atoms with Crippen LogP contribution in [0, 0.1) is 12.7 Å². The first-order valence-corrected chi connectivity index (χ1v) is 10.7. The number of nitrogens with one attached hydrogen (secondary N) is 1. The van der Waals surface area contributed by atoms with E-state index in [1.807, 2.05) is 22.9 Å². The van der Waals surface area contributed by atoms with Crippen molar-refractivity contribution in [1.29, 1.82) is 0 Å². The lowest BCUT2D eigenvalue weighted by Gasteiger charge is -2.39. The van der Waals surface area contributed by atoms with E-state index in [1.54, 1.807) is 25.6 Å². The maximum absolute atomic E-state index is 13.7. The van der Waals surface area contributed by atoms with Gasteiger partial charge in [0.1, 0.15) is 35.8 Å². The normalized spacial score (nSPS) is 18.5. The molecule has 2 aliphatic rings. The topological polar surface area (TPSA) is 61.2 Å². The molecule has 3 heterocycles. The van der Waals surface area contributed by atoms with Gasteiger partial charge in [0.25, 0.3) is 0 Å². The number of benzene rings is 3. The van der Waals surface area contributed by atoms with Crippen molar-refractivity contribution in [2.24, 2.45) is 0 Å². The third-order valence-corrected chi connectivity index (χ3v) is 6.19. The lowest BCUT2D eigenvalue weighted by atomic mass is 9.84. The second-order valence-corrected chi connectivity index (χ2v) is 8.21. The quantitative estimate of drug-likeness (QED) is 0.469. The Kier molecular flexibility index (Phi) is 4.43. The minimum absolute atomic E-state index is 0.256. The zero-order chi connectivity index (χ0) is 22.5. The third kappa shape index (κ3) is 3.16. The van der Waals surface area contributed by atoms with Crippen LogP contribution in [0.2, 0.25) is 0 Å². The predicted molar refractivity (Wildman–Crippen MR) is 123 cm³/mol. The van der Waals surface area contributed by atoms with Gasteiger partial charge in [-0.3, -0.25) is 0 Å². The van der Waals surface area contributed by atoms with Crippen molar-refractivity contribution >= 4 is 11.6 Å². The van der Waals surface area contributed by atoms with Crippen LogP contribution in [-0.4, -0.2) is 21.9 Å². The van der Waals surface area contributed by atoms with Crippen LogP contribution in [0.3, 0.4) is 0 Å². The largest absolute Gasteiger partial charge is 0.497 e. The number of hydrogen-bond donors (Lipinski definition) is 1. The molecular formula is C26H21FN4O2. The number of rotatable bonds is 3. The molecule has 0 radical (unpaired) electrons. The molecule has 6 nitrogen and oxygen atoms in total. The number of ether oxygens (including phenoxy) is 2. The van der Waals surface area contributed by atoms with E-state index in [-0.39, 0.29) is 11.9 Å². The number of halogens is 1. The van der Waals surface area contributed by atoms with E-state index in [9.17, 15) is 4.39 Å². The minimum Gasteiger partial charge on any atom is -0.497 e. The van der Waals surface area contributed by atoms with Crippen molar-refractivity contribution in [3.05, 3.63) is 107 Å². The maximum atomic E-state index is 13.7. The summed E-state index contributed by atoms with van der Waals surface area (Å²) in [6.07, 6.45) is 1.10. The van der Waals surface area contributed by atoms with E-state index in [0.717, 1.165) is 33.7 Å². The lowest BCUT2D eigenvalue weighted by molar-refractivity contribution is 0.222. The fourth-order valence-corrected chi connectivity index (χ4v) is 4.56. The van der Waals surface area contributed by atoms with Crippen LogP contribution in [-0.2, 0) is 0 Å². The standard InChI is InChI=1S/C26H21FN4O2/c1-15-3-5-16(6-4-15)24-22-23(30-26-28-14-29-31(24)26)20-13-19(32-2)11-12-21(20)33-25(22)17-7-9-18(27)10-8-17/h3-14,24-25H,1-2H3,(H,28,29,30)/t24-,25+/m1/s1. The van der Waals surface area contributed by atoms with Gasteiger partial charge >= 0.3 is 0 Å². The Morgan fingerprint density at radius 1 is 1.00 bits per heavy atom. The molecule has 1 N–H and O–H groups in total. The molecule has 7 heteroatoms. The molecule has 0 saturated heterocycles. The summed E-state index contributed by atoms with van der Waals surface area (Å²) in [4.78, 5) is 4.45. The summed E-state index contributed by atoms with van der Waals surface area (Å²) in [5.74, 6) is 1.80. The number of hydrogen-bond acceptors (Lipinski definition) is 5. The molecular weight excluding hydrogens is 419 g/mol. The van der Waals surface area contributed by atoms with Gasteiger partial charge in [0.2, 0.25) is 5.95 Å². The molecule has 3 aromatic carbocycles. The molecule has 6 rings (SSSR count). The SMILES string of the molecule is COc1ccc2c(c1)C1=C([C@H](c3ccc(F)cc3)O2)[C@@H](c2ccc(C)cc2)n2ncnc2N1. The molecule has 2 aliphatic heterocycles. The van der Waals surface area contributed by atoms with Gasteiger partial charge in [-0.2, -0.15) is 10.1 Å². The Balaban J connectivity index is 1.62. The minimum atomic E-state index is -0.447. The number of nitrogens with zero attached hydrogens (tertiary/aromatic N) is 3. The van der Waals surface area contributed by atoms with Gasteiger partial charge in [-0.1, -0.05) is 42.0 Å². The second kappa shape index (κ2) is 7.48. The summed E-state index contributed by atoms with van der Waals surface area (Å²) in [6.45, 7) is 2.06. The second-order valence-electron chi connectivity index (χ2n) is 8.21. The van der Waals surface area contributed by atoms with Crippen molar-refractivity contribution in [3.8, 4) is 11.5 Å². The maximum Gasteiger partial charge on any atom is 0.226 e. The molecule has 0 fully saturated rings. The van der Waals surface area contributed by atoms with Crippen molar-refractivity contribution in [2.75, 3.05) is 12.4 Å². The lowest BCUT2D eigenvalue weighted by Crippen LogP contribution is -2.32. The average Bonchev–Trinajstić information content (AvgIpc) is 3.31. The highest BCUT2D eigenvalue weighted by Crippen LogP contribution is 2.51. The molecule has 0 saturated carbocycles. The molecule has 0 amide bonds. The number of anilines is 1. The Hall–Kier alpha value is -4.13. The summed E-state index contributed by atoms with van der Waals surface area (Å²) >= 11 is 0. The van der Waals surface area contributed by atoms with Crippen LogP contribution in [0.5, 0.6) is 11.5 Å². The molecule has 0 bridgehead atoms. The first kappa shape index (κ1) is 19.5. The van der Waals surface area contributed by atoms with Crippen molar-refractivity contribution < 1.29 is 13.9 Å². The first-order valence-electron chi connectivity index (χ1n) is 10.7. The van der Waals surface area contributed by atoms with Gasteiger partial charge in [-0.05, 0) is 48.4 Å². The number of aromatic nitrogens is 3. The summed E-state index contributed by atoms with van der Waals surface area (Å²) in [5.41, 5.74) is 5.84. The third-order valence-electron chi connectivity index (χ3n) is 6.19. The highest BCUT2D eigenvalue weighted by atomic mass is 19.1.